The van der Waals surface area contributed by atoms with Crippen molar-refractivity contribution in [1.29, 1.82) is 0 Å². The molecule has 106 valence electrons. The van der Waals surface area contributed by atoms with Crippen LogP contribution in [-0.2, 0) is 6.42 Å². The van der Waals surface area contributed by atoms with Gasteiger partial charge in [-0.3, -0.25) is 0 Å². The van der Waals surface area contributed by atoms with Crippen molar-refractivity contribution in [3.05, 3.63) is 81.3 Å². The van der Waals surface area contributed by atoms with Gasteiger partial charge in [0.15, 0.2) is 0 Å². The zero-order valence-corrected chi connectivity index (χ0v) is 13.0. The third kappa shape index (κ3) is 3.06. The van der Waals surface area contributed by atoms with Gasteiger partial charge in [0, 0.05) is 16.2 Å². The molecule has 2 aromatic carbocycles. The number of aryl methyl sites for hydroxylation is 2. The van der Waals surface area contributed by atoms with Gasteiger partial charge in [0.25, 0.3) is 0 Å². The molecule has 0 nitrogen and oxygen atoms in total. The molecule has 0 aliphatic carbocycles. The Hall–Kier alpha value is -1.93. The van der Waals surface area contributed by atoms with Crippen LogP contribution in [0.15, 0.2) is 54.6 Å². The van der Waals surface area contributed by atoms with Crippen LogP contribution in [0.25, 0.3) is 11.1 Å². The minimum atomic E-state index is -0.125. The van der Waals surface area contributed by atoms with Crippen molar-refractivity contribution in [3.63, 3.8) is 0 Å². The van der Waals surface area contributed by atoms with Crippen molar-refractivity contribution in [3.8, 4) is 11.1 Å². The number of halogens is 1. The summed E-state index contributed by atoms with van der Waals surface area (Å²) in [5.41, 5.74) is 3.96. The molecule has 0 atom stereocenters. The first kappa shape index (κ1) is 14.0. The van der Waals surface area contributed by atoms with E-state index in [1.807, 2.05) is 42.5 Å². The fraction of sp³-hybridized carbons (Fsp3) is 0.158. The number of rotatable bonds is 3. The second-order valence-electron chi connectivity index (χ2n) is 5.29. The zero-order chi connectivity index (χ0) is 14.8. The summed E-state index contributed by atoms with van der Waals surface area (Å²) in [6, 6.07) is 17.6. The number of hydrogen-bond donors (Lipinski definition) is 0. The molecule has 0 bridgehead atoms. The Balaban J connectivity index is 1.90. The predicted octanol–water partition coefficient (Wildman–Crippen LogP) is 5.76. The summed E-state index contributed by atoms with van der Waals surface area (Å²) in [6.07, 6.45) is 0.664. The van der Waals surface area contributed by atoms with Gasteiger partial charge in [0.2, 0.25) is 0 Å². The highest BCUT2D eigenvalue weighted by Gasteiger charge is 2.09. The second kappa shape index (κ2) is 5.82. The molecular formula is C19H17FS. The molecule has 0 fully saturated rings. The maximum absolute atomic E-state index is 14.4. The Morgan fingerprint density at radius 3 is 2.24 bits per heavy atom. The lowest BCUT2D eigenvalue weighted by atomic mass is 10.00. The molecule has 3 rings (SSSR count). The van der Waals surface area contributed by atoms with Crippen molar-refractivity contribution >= 4 is 11.3 Å². The van der Waals surface area contributed by atoms with Crippen LogP contribution >= 0.6 is 11.3 Å². The Morgan fingerprint density at radius 2 is 1.62 bits per heavy atom. The van der Waals surface area contributed by atoms with Crippen LogP contribution in [0.2, 0.25) is 0 Å². The molecule has 3 aromatic rings. The minimum Gasteiger partial charge on any atom is -0.207 e. The van der Waals surface area contributed by atoms with E-state index in [9.17, 15) is 4.39 Å². The van der Waals surface area contributed by atoms with E-state index in [-0.39, 0.29) is 5.82 Å². The summed E-state index contributed by atoms with van der Waals surface area (Å²) >= 11 is 1.77. The summed E-state index contributed by atoms with van der Waals surface area (Å²) in [5.74, 6) is -0.125. The summed E-state index contributed by atoms with van der Waals surface area (Å²) in [4.78, 5) is 2.56. The lowest BCUT2D eigenvalue weighted by Gasteiger charge is -2.07. The standard InChI is InChI=1S/C19H17FS/c1-13-10-18(14(2)21-13)11-17-9-8-16(12-19(17)20)15-6-4-3-5-7-15/h3-10,12H,11H2,1-2H3. The van der Waals surface area contributed by atoms with E-state index in [0.29, 0.717) is 6.42 Å². The lowest BCUT2D eigenvalue weighted by molar-refractivity contribution is 0.614. The molecule has 0 unspecified atom stereocenters. The summed E-state index contributed by atoms with van der Waals surface area (Å²) in [5, 5.41) is 0. The van der Waals surface area contributed by atoms with E-state index in [0.717, 1.165) is 16.7 Å². The monoisotopic (exact) mass is 296 g/mol. The molecule has 0 aliphatic heterocycles. The first-order valence-electron chi connectivity index (χ1n) is 7.03. The van der Waals surface area contributed by atoms with Gasteiger partial charge >= 0.3 is 0 Å². The van der Waals surface area contributed by atoms with Crippen molar-refractivity contribution in [2.24, 2.45) is 0 Å². The topological polar surface area (TPSA) is 0 Å². The third-order valence-electron chi connectivity index (χ3n) is 3.68. The van der Waals surface area contributed by atoms with Gasteiger partial charge < -0.3 is 0 Å². The van der Waals surface area contributed by atoms with Crippen molar-refractivity contribution in [2.75, 3.05) is 0 Å². The molecule has 2 heteroatoms. The average molecular weight is 296 g/mol. The van der Waals surface area contributed by atoms with Crippen molar-refractivity contribution < 1.29 is 4.39 Å². The van der Waals surface area contributed by atoms with Crippen LogP contribution in [0.5, 0.6) is 0 Å². The Bertz CT molecular complexity index is 756. The molecule has 21 heavy (non-hydrogen) atoms. The van der Waals surface area contributed by atoms with Crippen LogP contribution in [0, 0.1) is 19.7 Å². The number of thiophene rings is 1. The maximum Gasteiger partial charge on any atom is 0.127 e. The fourth-order valence-corrected chi connectivity index (χ4v) is 3.51. The lowest BCUT2D eigenvalue weighted by Crippen LogP contribution is -1.93. The molecule has 0 N–H and O–H groups in total. The van der Waals surface area contributed by atoms with E-state index in [4.69, 9.17) is 0 Å². The summed E-state index contributed by atoms with van der Waals surface area (Å²) < 4.78 is 14.4. The Kier molecular flexibility index (Phi) is 3.89. The van der Waals surface area contributed by atoms with Crippen LogP contribution in [-0.4, -0.2) is 0 Å². The van der Waals surface area contributed by atoms with Gasteiger partial charge in [-0.25, -0.2) is 4.39 Å². The molecule has 1 heterocycles. The quantitative estimate of drug-likeness (QED) is 0.576. The van der Waals surface area contributed by atoms with Gasteiger partial charge in [-0.1, -0.05) is 42.5 Å². The van der Waals surface area contributed by atoms with E-state index in [2.05, 4.69) is 19.9 Å². The average Bonchev–Trinajstić information content (AvgIpc) is 2.80. The van der Waals surface area contributed by atoms with E-state index < -0.39 is 0 Å². The van der Waals surface area contributed by atoms with Crippen molar-refractivity contribution in [2.45, 2.75) is 20.3 Å². The van der Waals surface area contributed by atoms with E-state index in [1.54, 1.807) is 17.4 Å². The van der Waals surface area contributed by atoms with Gasteiger partial charge in [-0.2, -0.15) is 0 Å². The van der Waals surface area contributed by atoms with Gasteiger partial charge in [0.05, 0.1) is 0 Å². The highest BCUT2D eigenvalue weighted by molar-refractivity contribution is 7.12. The fourth-order valence-electron chi connectivity index (χ4n) is 2.57. The SMILES string of the molecule is Cc1cc(Cc2ccc(-c3ccccc3)cc2F)c(C)s1. The van der Waals surface area contributed by atoms with Crippen LogP contribution in [0.4, 0.5) is 4.39 Å². The highest BCUT2D eigenvalue weighted by atomic mass is 32.1. The molecule has 0 aliphatic rings. The van der Waals surface area contributed by atoms with E-state index in [1.165, 1.54) is 15.3 Å². The molecule has 0 spiro atoms. The van der Waals surface area contributed by atoms with Gasteiger partial charge in [-0.05, 0) is 48.2 Å². The molecule has 0 radical (unpaired) electrons. The normalized spacial score (nSPS) is 10.8. The molecule has 1 aromatic heterocycles. The molecule has 0 amide bonds. The van der Waals surface area contributed by atoms with Crippen LogP contribution in [0.1, 0.15) is 20.9 Å². The molecular weight excluding hydrogens is 279 g/mol. The highest BCUT2D eigenvalue weighted by Crippen LogP contribution is 2.26. The smallest absolute Gasteiger partial charge is 0.127 e. The maximum atomic E-state index is 14.4. The largest absolute Gasteiger partial charge is 0.207 e. The van der Waals surface area contributed by atoms with Gasteiger partial charge in [-0.15, -0.1) is 11.3 Å². The molecule has 0 saturated carbocycles. The van der Waals surface area contributed by atoms with Crippen LogP contribution in [0.3, 0.4) is 0 Å². The zero-order valence-electron chi connectivity index (χ0n) is 12.2. The first-order valence-corrected chi connectivity index (χ1v) is 7.85. The Labute approximate surface area is 128 Å². The minimum absolute atomic E-state index is 0.125. The molecule has 0 saturated heterocycles. The first-order chi connectivity index (χ1) is 10.1. The summed E-state index contributed by atoms with van der Waals surface area (Å²) in [6.45, 7) is 4.19. The third-order valence-corrected chi connectivity index (χ3v) is 4.69. The summed E-state index contributed by atoms with van der Waals surface area (Å²) in [7, 11) is 0. The predicted molar refractivity (Wildman–Crippen MR) is 88.4 cm³/mol. The van der Waals surface area contributed by atoms with Gasteiger partial charge in [0.1, 0.15) is 5.82 Å². The second-order valence-corrected chi connectivity index (χ2v) is 6.75. The van der Waals surface area contributed by atoms with E-state index >= 15 is 0 Å². The van der Waals surface area contributed by atoms with Crippen LogP contribution < -0.4 is 0 Å². The Morgan fingerprint density at radius 1 is 0.857 bits per heavy atom. The number of hydrogen-bond acceptors (Lipinski definition) is 1. The van der Waals surface area contributed by atoms with Crippen molar-refractivity contribution in [1.82, 2.24) is 0 Å². The number of benzene rings is 2.